The molecule has 1 aromatic heterocycles. The van der Waals surface area contributed by atoms with Crippen LogP contribution in [0.25, 0.3) is 16.9 Å². The van der Waals surface area contributed by atoms with Crippen LogP contribution in [-0.4, -0.2) is 53.5 Å². The molecule has 1 fully saturated rings. The first-order chi connectivity index (χ1) is 14.7. The fourth-order valence-corrected chi connectivity index (χ4v) is 3.77. The van der Waals surface area contributed by atoms with Gasteiger partial charge in [0.15, 0.2) is 0 Å². The van der Waals surface area contributed by atoms with E-state index in [9.17, 15) is 4.79 Å². The fourth-order valence-electron chi connectivity index (χ4n) is 3.77. The summed E-state index contributed by atoms with van der Waals surface area (Å²) < 4.78 is 12.8. The quantitative estimate of drug-likeness (QED) is 0.591. The van der Waals surface area contributed by atoms with E-state index in [-0.39, 0.29) is 12.0 Å². The Morgan fingerprint density at radius 2 is 1.97 bits per heavy atom. The van der Waals surface area contributed by atoms with Crippen LogP contribution in [0.3, 0.4) is 0 Å². The molecule has 6 heteroatoms. The summed E-state index contributed by atoms with van der Waals surface area (Å²) in [4.78, 5) is 15.4. The average molecular weight is 405 g/mol. The molecule has 0 saturated carbocycles. The van der Waals surface area contributed by atoms with Gasteiger partial charge in [-0.2, -0.15) is 5.10 Å². The van der Waals surface area contributed by atoms with Crippen molar-refractivity contribution in [2.75, 3.05) is 26.8 Å². The summed E-state index contributed by atoms with van der Waals surface area (Å²) >= 11 is 0. The van der Waals surface area contributed by atoms with Crippen molar-refractivity contribution in [1.29, 1.82) is 0 Å². The number of ether oxygens (including phenoxy) is 2. The number of methoxy groups -OCH3 is 1. The highest BCUT2D eigenvalue weighted by molar-refractivity contribution is 6.00. The molecule has 0 N–H and O–H groups in total. The van der Waals surface area contributed by atoms with Crippen LogP contribution in [0.1, 0.15) is 30.1 Å². The molecule has 1 atom stereocenters. The summed E-state index contributed by atoms with van der Waals surface area (Å²) in [5.74, 6) is 0.740. The van der Waals surface area contributed by atoms with E-state index in [0.29, 0.717) is 24.3 Å². The first kappa shape index (κ1) is 20.2. The Balaban J connectivity index is 1.71. The molecule has 1 aliphatic rings. The number of likely N-dealkylation sites (N-methyl/N-ethyl adjacent to an activating group) is 1. The van der Waals surface area contributed by atoms with Crippen LogP contribution in [0.5, 0.6) is 5.75 Å². The lowest BCUT2D eigenvalue weighted by Gasteiger charge is -2.24. The molecule has 3 aromatic rings. The molecule has 2 heterocycles. The number of benzene rings is 2. The van der Waals surface area contributed by atoms with Crippen molar-refractivity contribution in [2.45, 2.75) is 25.9 Å². The second kappa shape index (κ2) is 9.13. The molecule has 6 nitrogen and oxygen atoms in total. The van der Waals surface area contributed by atoms with Gasteiger partial charge in [0.1, 0.15) is 11.4 Å². The highest BCUT2D eigenvalue weighted by atomic mass is 16.5. The number of aromatic nitrogens is 2. The second-order valence-electron chi connectivity index (χ2n) is 7.38. The molecule has 1 amide bonds. The molecule has 156 valence electrons. The topological polar surface area (TPSA) is 56.6 Å². The van der Waals surface area contributed by atoms with Crippen LogP contribution in [0, 0.1) is 0 Å². The summed E-state index contributed by atoms with van der Waals surface area (Å²) in [6.07, 6.45) is 4.00. The Morgan fingerprint density at radius 3 is 2.60 bits per heavy atom. The molecule has 1 aliphatic heterocycles. The lowest BCUT2D eigenvalue weighted by Crippen LogP contribution is -2.37. The van der Waals surface area contributed by atoms with Gasteiger partial charge >= 0.3 is 0 Å². The predicted molar refractivity (Wildman–Crippen MR) is 116 cm³/mol. The van der Waals surface area contributed by atoms with Crippen molar-refractivity contribution < 1.29 is 14.3 Å². The summed E-state index contributed by atoms with van der Waals surface area (Å²) in [6.45, 7) is 4.01. The lowest BCUT2D eigenvalue weighted by atomic mass is 10.1. The van der Waals surface area contributed by atoms with Gasteiger partial charge in [-0.15, -0.1) is 0 Å². The van der Waals surface area contributed by atoms with Gasteiger partial charge in [0.05, 0.1) is 24.5 Å². The van der Waals surface area contributed by atoms with Gasteiger partial charge < -0.3 is 14.4 Å². The Bertz CT molecular complexity index is 977. The summed E-state index contributed by atoms with van der Waals surface area (Å²) in [5, 5.41) is 4.77. The van der Waals surface area contributed by atoms with E-state index in [1.54, 1.807) is 11.8 Å². The minimum absolute atomic E-state index is 0.0269. The van der Waals surface area contributed by atoms with Crippen molar-refractivity contribution in [3.63, 3.8) is 0 Å². The van der Waals surface area contributed by atoms with E-state index in [4.69, 9.17) is 14.6 Å². The van der Waals surface area contributed by atoms with Crippen LogP contribution < -0.4 is 4.74 Å². The molecule has 0 aliphatic carbocycles. The van der Waals surface area contributed by atoms with Crippen molar-refractivity contribution in [1.82, 2.24) is 14.7 Å². The average Bonchev–Trinajstić information content (AvgIpc) is 3.48. The fraction of sp³-hybridized carbons (Fsp3) is 0.333. The lowest BCUT2D eigenvalue weighted by molar-refractivity contribution is 0.0539. The van der Waals surface area contributed by atoms with Gasteiger partial charge in [-0.1, -0.05) is 18.2 Å². The number of nitrogens with zero attached hydrogens (tertiary/aromatic N) is 3. The number of hydrogen-bond acceptors (Lipinski definition) is 4. The minimum Gasteiger partial charge on any atom is -0.497 e. The normalized spacial score (nSPS) is 15.9. The molecule has 4 rings (SSSR count). The summed E-state index contributed by atoms with van der Waals surface area (Å²) in [6, 6.07) is 17.5. The maximum absolute atomic E-state index is 13.5. The van der Waals surface area contributed by atoms with E-state index < -0.39 is 0 Å². The molecule has 30 heavy (non-hydrogen) atoms. The Labute approximate surface area is 177 Å². The predicted octanol–water partition coefficient (Wildman–Crippen LogP) is 4.19. The van der Waals surface area contributed by atoms with Gasteiger partial charge in [-0.3, -0.25) is 4.79 Å². The highest BCUT2D eigenvalue weighted by Gasteiger charge is 2.26. The number of carbonyl (C=O) groups is 1. The SMILES string of the molecule is CCN(CC1CCCO1)C(=O)c1cn(-c2ccccc2)nc1-c1ccc(OC)cc1. The number of rotatable bonds is 7. The monoisotopic (exact) mass is 405 g/mol. The summed E-state index contributed by atoms with van der Waals surface area (Å²) in [5.41, 5.74) is 3.04. The van der Waals surface area contributed by atoms with Crippen LogP contribution in [0.4, 0.5) is 0 Å². The van der Waals surface area contributed by atoms with E-state index >= 15 is 0 Å². The molecule has 1 unspecified atom stereocenters. The largest absolute Gasteiger partial charge is 0.497 e. The number of amides is 1. The van der Waals surface area contributed by atoms with Crippen molar-refractivity contribution in [3.8, 4) is 22.7 Å². The van der Waals surface area contributed by atoms with Gasteiger partial charge in [-0.05, 0) is 56.2 Å². The van der Waals surface area contributed by atoms with Crippen LogP contribution >= 0.6 is 0 Å². The zero-order chi connectivity index (χ0) is 20.9. The summed E-state index contributed by atoms with van der Waals surface area (Å²) in [7, 11) is 1.64. The molecular weight excluding hydrogens is 378 g/mol. The molecule has 2 aromatic carbocycles. The van der Waals surface area contributed by atoms with Crippen molar-refractivity contribution in [3.05, 3.63) is 66.4 Å². The van der Waals surface area contributed by atoms with Crippen molar-refractivity contribution >= 4 is 5.91 Å². The molecule has 0 bridgehead atoms. The van der Waals surface area contributed by atoms with E-state index in [1.165, 1.54) is 0 Å². The van der Waals surface area contributed by atoms with E-state index in [0.717, 1.165) is 36.4 Å². The van der Waals surface area contributed by atoms with Gasteiger partial charge in [-0.25, -0.2) is 4.68 Å². The third kappa shape index (κ3) is 4.24. The number of hydrogen-bond donors (Lipinski definition) is 0. The molecule has 1 saturated heterocycles. The molecule has 0 spiro atoms. The van der Waals surface area contributed by atoms with Crippen LogP contribution in [0.15, 0.2) is 60.8 Å². The Morgan fingerprint density at radius 1 is 1.20 bits per heavy atom. The first-order valence-electron chi connectivity index (χ1n) is 10.4. The third-order valence-electron chi connectivity index (χ3n) is 5.45. The standard InChI is InChI=1S/C24H27N3O3/c1-3-26(16-21-10-7-15-30-21)24(28)22-17-27(19-8-5-4-6-9-19)25-23(22)18-11-13-20(29-2)14-12-18/h4-6,8-9,11-14,17,21H,3,7,10,15-16H2,1-2H3. The van der Waals surface area contributed by atoms with Crippen LogP contribution in [0.2, 0.25) is 0 Å². The second-order valence-corrected chi connectivity index (χ2v) is 7.38. The number of para-hydroxylation sites is 1. The first-order valence-corrected chi connectivity index (χ1v) is 10.4. The van der Waals surface area contributed by atoms with Crippen molar-refractivity contribution in [2.24, 2.45) is 0 Å². The maximum atomic E-state index is 13.5. The Hall–Kier alpha value is -3.12. The Kier molecular flexibility index (Phi) is 6.14. The third-order valence-corrected chi connectivity index (χ3v) is 5.45. The molecular formula is C24H27N3O3. The zero-order valence-corrected chi connectivity index (χ0v) is 17.5. The zero-order valence-electron chi connectivity index (χ0n) is 17.5. The minimum atomic E-state index is -0.0269. The van der Waals surface area contributed by atoms with Gasteiger partial charge in [0, 0.05) is 31.5 Å². The highest BCUT2D eigenvalue weighted by Crippen LogP contribution is 2.27. The van der Waals surface area contributed by atoms with E-state index in [2.05, 4.69) is 0 Å². The van der Waals surface area contributed by atoms with Crippen LogP contribution in [-0.2, 0) is 4.74 Å². The van der Waals surface area contributed by atoms with Gasteiger partial charge in [0.2, 0.25) is 0 Å². The van der Waals surface area contributed by atoms with Gasteiger partial charge in [0.25, 0.3) is 5.91 Å². The number of carbonyl (C=O) groups excluding carboxylic acids is 1. The molecule has 0 radical (unpaired) electrons. The maximum Gasteiger partial charge on any atom is 0.257 e. The van der Waals surface area contributed by atoms with E-state index in [1.807, 2.05) is 72.6 Å². The smallest absolute Gasteiger partial charge is 0.257 e.